The zero-order valence-corrected chi connectivity index (χ0v) is 14.2. The Bertz CT molecular complexity index is 745. The first-order valence-corrected chi connectivity index (χ1v) is 8.03. The summed E-state index contributed by atoms with van der Waals surface area (Å²) in [6, 6.07) is 10.3. The Balaban J connectivity index is 2.41. The highest BCUT2D eigenvalue weighted by molar-refractivity contribution is 5.33. The smallest absolute Gasteiger partial charge is 0.432 e. The van der Waals surface area contributed by atoms with Crippen molar-refractivity contribution in [2.24, 2.45) is 0 Å². The summed E-state index contributed by atoms with van der Waals surface area (Å²) < 4.78 is 83.7. The van der Waals surface area contributed by atoms with Gasteiger partial charge < -0.3 is 9.84 Å². The van der Waals surface area contributed by atoms with Crippen molar-refractivity contribution in [1.82, 2.24) is 4.98 Å². The molecule has 0 aliphatic rings. The highest BCUT2D eigenvalue weighted by atomic mass is 19.4. The molecule has 0 saturated heterocycles. The lowest BCUT2D eigenvalue weighted by Gasteiger charge is -2.32. The maximum absolute atomic E-state index is 13.0. The van der Waals surface area contributed by atoms with Gasteiger partial charge in [-0.25, -0.2) is 0 Å². The van der Waals surface area contributed by atoms with E-state index in [0.717, 1.165) is 11.6 Å². The third kappa shape index (κ3) is 4.35. The van der Waals surface area contributed by atoms with E-state index in [4.69, 9.17) is 4.74 Å². The zero-order chi connectivity index (χ0) is 20.3. The highest BCUT2D eigenvalue weighted by Crippen LogP contribution is 2.49. The van der Waals surface area contributed by atoms with E-state index in [0.29, 0.717) is 12.5 Å². The molecule has 0 unspecified atom stereocenters. The molecule has 2 rings (SSSR count). The van der Waals surface area contributed by atoms with Crippen LogP contribution >= 0.6 is 0 Å². The molecule has 0 aliphatic carbocycles. The first kappa shape index (κ1) is 21.0. The van der Waals surface area contributed by atoms with Gasteiger partial charge in [0.1, 0.15) is 12.4 Å². The summed E-state index contributed by atoms with van der Waals surface area (Å²) in [5, 5.41) is 9.49. The third-order valence-corrected chi connectivity index (χ3v) is 3.85. The minimum atomic E-state index is -5.98. The van der Waals surface area contributed by atoms with E-state index in [1.54, 1.807) is 37.3 Å². The number of pyridine rings is 1. The van der Waals surface area contributed by atoms with Crippen LogP contribution in [0.4, 0.5) is 26.3 Å². The van der Waals surface area contributed by atoms with Crippen molar-refractivity contribution in [3.05, 3.63) is 59.4 Å². The van der Waals surface area contributed by atoms with Gasteiger partial charge in [0.15, 0.2) is 0 Å². The molecule has 0 aliphatic heterocycles. The molecule has 1 aromatic carbocycles. The number of rotatable bonds is 6. The van der Waals surface area contributed by atoms with E-state index in [-0.39, 0.29) is 24.5 Å². The van der Waals surface area contributed by atoms with E-state index >= 15 is 0 Å². The number of aryl methyl sites for hydroxylation is 1. The molecule has 9 heteroatoms. The second-order valence-electron chi connectivity index (χ2n) is 5.87. The maximum atomic E-state index is 13.0. The Morgan fingerprint density at radius 1 is 0.926 bits per heavy atom. The van der Waals surface area contributed by atoms with Gasteiger partial charge in [-0.15, -0.1) is 0 Å². The van der Waals surface area contributed by atoms with Crippen LogP contribution in [-0.2, 0) is 18.6 Å². The molecule has 0 bridgehead atoms. The topological polar surface area (TPSA) is 42.4 Å². The summed E-state index contributed by atoms with van der Waals surface area (Å²) in [6.45, 7) is 1.76. The number of nitrogens with zero attached hydrogens (tertiary/aromatic N) is 1. The fraction of sp³-hybridized carbons (Fsp3) is 0.389. The van der Waals surface area contributed by atoms with Gasteiger partial charge >= 0.3 is 12.4 Å². The minimum absolute atomic E-state index is 0.0659. The average molecular weight is 393 g/mol. The molecule has 1 aromatic heterocycles. The second-order valence-corrected chi connectivity index (χ2v) is 5.87. The molecular formula is C18H17F6NO2. The van der Waals surface area contributed by atoms with Crippen molar-refractivity contribution in [3.63, 3.8) is 0 Å². The molecule has 0 spiro atoms. The number of aromatic nitrogens is 1. The van der Waals surface area contributed by atoms with Gasteiger partial charge in [0.25, 0.3) is 5.60 Å². The van der Waals surface area contributed by atoms with E-state index in [1.807, 2.05) is 0 Å². The number of hydrogen-bond donors (Lipinski definition) is 1. The summed E-state index contributed by atoms with van der Waals surface area (Å²) in [5.41, 5.74) is -5.90. The first-order valence-electron chi connectivity index (χ1n) is 8.03. The second kappa shape index (κ2) is 7.75. The van der Waals surface area contributed by atoms with Crippen LogP contribution in [0.3, 0.4) is 0 Å². The normalized spacial score (nSPS) is 12.9. The largest absolute Gasteiger partial charge is 0.487 e. The Kier molecular flexibility index (Phi) is 6.04. The predicted octanol–water partition coefficient (Wildman–Crippen LogP) is 4.93. The number of alkyl halides is 6. The Morgan fingerprint density at radius 2 is 1.52 bits per heavy atom. The summed E-state index contributed by atoms with van der Waals surface area (Å²) in [4.78, 5) is 3.46. The van der Waals surface area contributed by atoms with Crippen molar-refractivity contribution < 1.29 is 36.2 Å². The number of benzene rings is 1. The van der Waals surface area contributed by atoms with Crippen LogP contribution in [0.25, 0.3) is 0 Å². The molecule has 3 nitrogen and oxygen atoms in total. The monoisotopic (exact) mass is 393 g/mol. The third-order valence-electron chi connectivity index (χ3n) is 3.85. The van der Waals surface area contributed by atoms with Crippen molar-refractivity contribution in [1.29, 1.82) is 0 Å². The van der Waals surface area contributed by atoms with Crippen LogP contribution in [0.1, 0.15) is 30.3 Å². The summed E-state index contributed by atoms with van der Waals surface area (Å²) >= 11 is 0. The Morgan fingerprint density at radius 3 is 2.04 bits per heavy atom. The SMILES string of the molecule is CCCc1nc(C(O)(C(F)(F)F)C(F)(F)F)ccc1OCc1ccccc1. The summed E-state index contributed by atoms with van der Waals surface area (Å²) in [7, 11) is 0. The van der Waals surface area contributed by atoms with Crippen molar-refractivity contribution in [2.45, 2.75) is 44.3 Å². The number of hydrogen-bond acceptors (Lipinski definition) is 3. The number of halogens is 6. The Hall–Kier alpha value is -2.29. The average Bonchev–Trinajstić information content (AvgIpc) is 2.59. The highest BCUT2D eigenvalue weighted by Gasteiger charge is 2.72. The van der Waals surface area contributed by atoms with E-state index in [2.05, 4.69) is 4.98 Å². The standard InChI is InChI=1S/C18H17F6NO2/c1-2-6-13-14(27-11-12-7-4-3-5-8-12)9-10-15(25-13)16(26,17(19,20)21)18(22,23)24/h3-5,7-10,26H,2,6,11H2,1H3. The number of aliphatic hydroxyl groups is 1. The Labute approximate surface area is 151 Å². The summed E-state index contributed by atoms with van der Waals surface area (Å²) in [6.07, 6.45) is -11.5. The molecule has 148 valence electrons. The van der Waals surface area contributed by atoms with Gasteiger partial charge in [0, 0.05) is 0 Å². The fourth-order valence-corrected chi connectivity index (χ4v) is 2.42. The zero-order valence-electron chi connectivity index (χ0n) is 14.2. The molecule has 0 amide bonds. The lowest BCUT2D eigenvalue weighted by atomic mass is 9.96. The van der Waals surface area contributed by atoms with Gasteiger partial charge in [-0.2, -0.15) is 26.3 Å². The van der Waals surface area contributed by atoms with Gasteiger partial charge in [0.05, 0.1) is 11.4 Å². The van der Waals surface area contributed by atoms with E-state index in [9.17, 15) is 31.4 Å². The van der Waals surface area contributed by atoms with Crippen LogP contribution in [0.2, 0.25) is 0 Å². The molecule has 27 heavy (non-hydrogen) atoms. The van der Waals surface area contributed by atoms with Gasteiger partial charge in [-0.3, -0.25) is 4.98 Å². The summed E-state index contributed by atoms with van der Waals surface area (Å²) in [5.74, 6) is 0.0659. The van der Waals surface area contributed by atoms with Gasteiger partial charge in [-0.1, -0.05) is 43.7 Å². The molecule has 2 aromatic rings. The van der Waals surface area contributed by atoms with Gasteiger partial charge in [-0.05, 0) is 24.1 Å². The molecule has 1 heterocycles. The van der Waals surface area contributed by atoms with E-state index < -0.39 is 23.6 Å². The van der Waals surface area contributed by atoms with E-state index in [1.165, 1.54) is 0 Å². The molecule has 0 fully saturated rings. The van der Waals surface area contributed by atoms with Gasteiger partial charge in [0.2, 0.25) is 0 Å². The first-order chi connectivity index (χ1) is 12.5. The lowest BCUT2D eigenvalue weighted by Crippen LogP contribution is -2.54. The van der Waals surface area contributed by atoms with Crippen molar-refractivity contribution in [2.75, 3.05) is 0 Å². The number of ether oxygens (including phenoxy) is 1. The molecule has 0 radical (unpaired) electrons. The maximum Gasteiger partial charge on any atom is 0.432 e. The van der Waals surface area contributed by atoms with Crippen LogP contribution in [0.15, 0.2) is 42.5 Å². The fourth-order valence-electron chi connectivity index (χ4n) is 2.42. The van der Waals surface area contributed by atoms with Crippen LogP contribution < -0.4 is 4.74 Å². The quantitative estimate of drug-likeness (QED) is 0.708. The van der Waals surface area contributed by atoms with Crippen LogP contribution in [-0.4, -0.2) is 22.4 Å². The van der Waals surface area contributed by atoms with Crippen molar-refractivity contribution in [3.8, 4) is 5.75 Å². The van der Waals surface area contributed by atoms with Crippen LogP contribution in [0.5, 0.6) is 5.75 Å². The lowest BCUT2D eigenvalue weighted by molar-refractivity contribution is -0.377. The molecular weight excluding hydrogens is 376 g/mol. The predicted molar refractivity (Wildman–Crippen MR) is 85.0 cm³/mol. The van der Waals surface area contributed by atoms with Crippen LogP contribution in [0, 0.1) is 0 Å². The molecule has 0 saturated carbocycles. The van der Waals surface area contributed by atoms with Crippen molar-refractivity contribution >= 4 is 0 Å². The molecule has 1 N–H and O–H groups in total. The molecule has 0 atom stereocenters. The minimum Gasteiger partial charge on any atom is -0.487 e.